The molecule has 0 aliphatic rings. The Morgan fingerprint density at radius 2 is 1.60 bits per heavy atom. The van der Waals surface area contributed by atoms with Gasteiger partial charge in [-0.2, -0.15) is 0 Å². The van der Waals surface area contributed by atoms with E-state index < -0.39 is 14.4 Å². The fourth-order valence-electron chi connectivity index (χ4n) is 2.51. The minimum absolute atomic E-state index is 0.103. The summed E-state index contributed by atoms with van der Waals surface area (Å²) in [6, 6.07) is 11.3. The lowest BCUT2D eigenvalue weighted by Gasteiger charge is -2.36. The predicted octanol–water partition coefficient (Wildman–Crippen LogP) is 5.80. The van der Waals surface area contributed by atoms with Crippen molar-refractivity contribution in [2.24, 2.45) is 0 Å². The first-order valence-corrected chi connectivity index (χ1v) is 11.6. The van der Waals surface area contributed by atoms with Crippen LogP contribution in [0.1, 0.15) is 44.9 Å². The molecule has 1 unspecified atom stereocenters. The molecule has 4 heteroatoms. The van der Waals surface area contributed by atoms with Crippen molar-refractivity contribution < 1.29 is 14.6 Å². The maximum Gasteiger partial charge on any atom is 0.250 e. The van der Waals surface area contributed by atoms with Gasteiger partial charge >= 0.3 is 0 Å². The van der Waals surface area contributed by atoms with Crippen molar-refractivity contribution in [3.63, 3.8) is 0 Å². The molecule has 0 spiro atoms. The molecule has 3 nitrogen and oxygen atoms in total. The van der Waals surface area contributed by atoms with Crippen molar-refractivity contribution in [2.75, 3.05) is 0 Å². The van der Waals surface area contributed by atoms with Crippen molar-refractivity contribution in [3.8, 4) is 22.6 Å². The summed E-state index contributed by atoms with van der Waals surface area (Å²) in [7, 11) is -1.95. The maximum atomic E-state index is 10.3. The van der Waals surface area contributed by atoms with Crippen LogP contribution < -0.4 is 4.43 Å². The average molecular weight is 359 g/mol. The lowest BCUT2D eigenvalue weighted by atomic mass is 9.95. The topological polar surface area (TPSA) is 49.7 Å². The van der Waals surface area contributed by atoms with Gasteiger partial charge in [0.25, 0.3) is 0 Å². The summed E-state index contributed by atoms with van der Waals surface area (Å²) in [5.41, 5.74) is 3.31. The molecule has 0 saturated carbocycles. The standard InChI is InChI=1S/C21H30O3Si/c1-14-8-10-18(20(23)12-14)17-11-9-16(13-19(17)15(2)22)24-25(6,7)21(3,4)5/h8-13,15,22-23H,1-7H3. The lowest BCUT2D eigenvalue weighted by molar-refractivity contribution is 0.199. The summed E-state index contributed by atoms with van der Waals surface area (Å²) < 4.78 is 6.36. The van der Waals surface area contributed by atoms with E-state index in [1.54, 1.807) is 13.0 Å². The van der Waals surface area contributed by atoms with Gasteiger partial charge in [-0.1, -0.05) is 39.0 Å². The normalized spacial score (nSPS) is 13.6. The van der Waals surface area contributed by atoms with Crippen molar-refractivity contribution in [3.05, 3.63) is 47.5 Å². The second-order valence-electron chi connectivity index (χ2n) is 8.31. The van der Waals surface area contributed by atoms with Gasteiger partial charge in [-0.05, 0) is 66.9 Å². The Morgan fingerprint density at radius 1 is 1.00 bits per heavy atom. The van der Waals surface area contributed by atoms with Gasteiger partial charge in [0, 0.05) is 5.56 Å². The van der Waals surface area contributed by atoms with E-state index in [2.05, 4.69) is 33.9 Å². The third-order valence-corrected chi connectivity index (χ3v) is 9.45. The molecule has 2 N–H and O–H groups in total. The largest absolute Gasteiger partial charge is 0.543 e. The molecular weight excluding hydrogens is 328 g/mol. The first-order valence-electron chi connectivity index (χ1n) is 8.73. The number of hydrogen-bond donors (Lipinski definition) is 2. The van der Waals surface area contributed by atoms with Crippen molar-refractivity contribution >= 4 is 8.32 Å². The minimum Gasteiger partial charge on any atom is -0.543 e. The molecule has 136 valence electrons. The molecule has 25 heavy (non-hydrogen) atoms. The highest BCUT2D eigenvalue weighted by molar-refractivity contribution is 6.74. The molecule has 2 aromatic rings. The summed E-state index contributed by atoms with van der Waals surface area (Å²) in [6.45, 7) is 14.7. The number of aliphatic hydroxyl groups excluding tert-OH is 1. The van der Waals surface area contributed by atoms with Gasteiger partial charge in [0.15, 0.2) is 0 Å². The number of benzene rings is 2. The monoisotopic (exact) mass is 358 g/mol. The number of aliphatic hydroxyl groups is 1. The summed E-state index contributed by atoms with van der Waals surface area (Å²) in [4.78, 5) is 0. The third-order valence-electron chi connectivity index (χ3n) is 5.10. The van der Waals surface area contributed by atoms with E-state index in [-0.39, 0.29) is 10.8 Å². The molecule has 0 aliphatic heterocycles. The number of hydrogen-bond acceptors (Lipinski definition) is 3. The van der Waals surface area contributed by atoms with E-state index in [4.69, 9.17) is 4.43 Å². The van der Waals surface area contributed by atoms with Crippen LogP contribution in [0.3, 0.4) is 0 Å². The molecule has 0 aromatic heterocycles. The van der Waals surface area contributed by atoms with Crippen LogP contribution in [0.2, 0.25) is 18.1 Å². The van der Waals surface area contributed by atoms with Gasteiger partial charge in [-0.3, -0.25) is 0 Å². The number of phenolic OH excluding ortho intramolecular Hbond substituents is 1. The maximum absolute atomic E-state index is 10.3. The van der Waals surface area contributed by atoms with Crippen LogP contribution in [-0.4, -0.2) is 18.5 Å². The van der Waals surface area contributed by atoms with E-state index in [0.29, 0.717) is 0 Å². The van der Waals surface area contributed by atoms with Crippen LogP contribution in [0.15, 0.2) is 36.4 Å². The molecule has 2 rings (SSSR count). The van der Waals surface area contributed by atoms with Crippen LogP contribution in [0.25, 0.3) is 11.1 Å². The number of aryl methyl sites for hydroxylation is 1. The van der Waals surface area contributed by atoms with Crippen LogP contribution >= 0.6 is 0 Å². The number of rotatable bonds is 4. The highest BCUT2D eigenvalue weighted by atomic mass is 28.4. The lowest BCUT2D eigenvalue weighted by Crippen LogP contribution is -2.43. The van der Waals surface area contributed by atoms with Gasteiger partial charge in [0.2, 0.25) is 8.32 Å². The average Bonchev–Trinajstić information content (AvgIpc) is 2.46. The molecule has 0 radical (unpaired) electrons. The fourth-order valence-corrected chi connectivity index (χ4v) is 3.53. The van der Waals surface area contributed by atoms with Crippen LogP contribution in [0.5, 0.6) is 11.5 Å². The molecule has 2 aromatic carbocycles. The van der Waals surface area contributed by atoms with Crippen molar-refractivity contribution in [2.45, 2.75) is 58.9 Å². The van der Waals surface area contributed by atoms with Crippen molar-refractivity contribution in [1.82, 2.24) is 0 Å². The molecule has 1 atom stereocenters. The summed E-state index contributed by atoms with van der Waals surface area (Å²) >= 11 is 0. The highest BCUT2D eigenvalue weighted by Crippen LogP contribution is 2.40. The Kier molecular flexibility index (Phi) is 5.35. The number of aromatic hydroxyl groups is 1. The second-order valence-corrected chi connectivity index (χ2v) is 13.0. The molecular formula is C21H30O3Si. The van der Waals surface area contributed by atoms with Gasteiger partial charge in [-0.25, -0.2) is 0 Å². The van der Waals surface area contributed by atoms with E-state index in [1.165, 1.54) is 0 Å². The first-order chi connectivity index (χ1) is 11.4. The Balaban J connectivity index is 2.49. The molecule has 0 amide bonds. The smallest absolute Gasteiger partial charge is 0.250 e. The zero-order chi connectivity index (χ0) is 19.0. The SMILES string of the molecule is Cc1ccc(-c2ccc(O[Si](C)(C)C(C)(C)C)cc2C(C)O)c(O)c1. The molecule has 0 aliphatic carbocycles. The molecule has 0 saturated heterocycles. The van der Waals surface area contributed by atoms with Crippen LogP contribution in [-0.2, 0) is 0 Å². The molecule has 0 heterocycles. The van der Waals surface area contributed by atoms with E-state index in [0.717, 1.165) is 28.0 Å². The predicted molar refractivity (Wildman–Crippen MR) is 107 cm³/mol. The Bertz CT molecular complexity index is 758. The Hall–Kier alpha value is -1.78. The zero-order valence-corrected chi connectivity index (χ0v) is 17.3. The van der Waals surface area contributed by atoms with E-state index >= 15 is 0 Å². The summed E-state index contributed by atoms with van der Waals surface area (Å²) in [6.07, 6.45) is -0.654. The van der Waals surface area contributed by atoms with E-state index in [1.807, 2.05) is 37.3 Å². The molecule has 0 fully saturated rings. The Morgan fingerprint density at radius 3 is 2.12 bits per heavy atom. The van der Waals surface area contributed by atoms with Crippen LogP contribution in [0.4, 0.5) is 0 Å². The van der Waals surface area contributed by atoms with Gasteiger partial charge in [0.05, 0.1) is 6.10 Å². The molecule has 0 bridgehead atoms. The second kappa shape index (κ2) is 6.85. The van der Waals surface area contributed by atoms with E-state index in [9.17, 15) is 10.2 Å². The quantitative estimate of drug-likeness (QED) is 0.679. The summed E-state index contributed by atoms with van der Waals surface area (Å²) in [5, 5.41) is 20.7. The zero-order valence-electron chi connectivity index (χ0n) is 16.3. The fraction of sp³-hybridized carbons (Fsp3) is 0.429. The highest BCUT2D eigenvalue weighted by Gasteiger charge is 2.39. The van der Waals surface area contributed by atoms with Crippen molar-refractivity contribution in [1.29, 1.82) is 0 Å². The third kappa shape index (κ3) is 4.25. The van der Waals surface area contributed by atoms with Gasteiger partial charge in [0.1, 0.15) is 11.5 Å². The summed E-state index contributed by atoms with van der Waals surface area (Å²) in [5.74, 6) is 0.998. The first kappa shape index (κ1) is 19.5. The number of phenols is 1. The van der Waals surface area contributed by atoms with Gasteiger partial charge < -0.3 is 14.6 Å². The van der Waals surface area contributed by atoms with Crippen LogP contribution in [0, 0.1) is 6.92 Å². The minimum atomic E-state index is -1.95. The van der Waals surface area contributed by atoms with Gasteiger partial charge in [-0.15, -0.1) is 0 Å². The Labute approximate surface area is 152 Å².